The van der Waals surface area contributed by atoms with Gasteiger partial charge in [0.2, 0.25) is 0 Å². The molecule has 0 aromatic carbocycles. The van der Waals surface area contributed by atoms with Crippen LogP contribution in [0.4, 0.5) is 0 Å². The van der Waals surface area contributed by atoms with Crippen molar-refractivity contribution in [3.05, 3.63) is 0 Å². The molecule has 8 nitrogen and oxygen atoms in total. The highest BCUT2D eigenvalue weighted by Gasteiger charge is 2.38. The molecule has 8 heteroatoms. The average molecular weight is 551 g/mol. The third-order valence-electron chi connectivity index (χ3n) is 8.67. The van der Waals surface area contributed by atoms with Gasteiger partial charge in [0.1, 0.15) is 0 Å². The van der Waals surface area contributed by atoms with E-state index in [2.05, 4.69) is 12.0 Å². The molecular weight excluding hydrogens is 496 g/mol. The maximum absolute atomic E-state index is 12.3. The van der Waals surface area contributed by atoms with Crippen molar-refractivity contribution < 1.29 is 28.5 Å². The summed E-state index contributed by atoms with van der Waals surface area (Å²) in [6.07, 6.45) is 15.7. The number of nitrogens with zero attached hydrogens (tertiary/aromatic N) is 2. The fourth-order valence-corrected chi connectivity index (χ4v) is 6.24. The van der Waals surface area contributed by atoms with E-state index >= 15 is 0 Å². The van der Waals surface area contributed by atoms with Crippen LogP contribution in [0.3, 0.4) is 0 Å². The number of azo groups is 1. The Morgan fingerprint density at radius 2 is 1.08 bits per heavy atom. The summed E-state index contributed by atoms with van der Waals surface area (Å²) in [4.78, 5) is 24.6. The van der Waals surface area contributed by atoms with Gasteiger partial charge in [0.25, 0.3) is 0 Å². The Kier molecular flexibility index (Phi) is 14.8. The van der Waals surface area contributed by atoms with Crippen molar-refractivity contribution in [3.63, 3.8) is 0 Å². The van der Waals surface area contributed by atoms with Crippen molar-refractivity contribution in [1.29, 1.82) is 0 Å². The van der Waals surface area contributed by atoms with E-state index in [9.17, 15) is 9.59 Å². The molecule has 0 radical (unpaired) electrons. The molecule has 2 unspecified atom stereocenters. The molecule has 0 bridgehead atoms. The third kappa shape index (κ3) is 11.8. The molecule has 39 heavy (non-hydrogen) atoms. The number of rotatable bonds is 15. The number of hydrogen-bond donors (Lipinski definition) is 0. The monoisotopic (exact) mass is 550 g/mol. The quantitative estimate of drug-likeness (QED) is 0.126. The van der Waals surface area contributed by atoms with Crippen LogP contribution in [0.15, 0.2) is 10.2 Å². The number of ether oxygens (including phenoxy) is 4. The molecule has 0 aliphatic heterocycles. The first kappa shape index (κ1) is 32.0. The molecule has 224 valence electrons. The van der Waals surface area contributed by atoms with Crippen molar-refractivity contribution >= 4 is 11.9 Å². The Bertz CT molecular complexity index is 705. The molecule has 0 saturated heterocycles. The van der Waals surface area contributed by atoms with Crippen LogP contribution < -0.4 is 0 Å². The minimum Gasteiger partial charge on any atom is -0.466 e. The van der Waals surface area contributed by atoms with Gasteiger partial charge in [0.05, 0.1) is 49.3 Å². The fourth-order valence-electron chi connectivity index (χ4n) is 6.24. The lowest BCUT2D eigenvalue weighted by Gasteiger charge is -2.32. The summed E-state index contributed by atoms with van der Waals surface area (Å²) in [6.45, 7) is 8.12. The number of esters is 2. The fraction of sp³-hybridized carbons (Fsp3) is 0.935. The maximum atomic E-state index is 12.3. The van der Waals surface area contributed by atoms with E-state index < -0.39 is 0 Å². The molecule has 0 aromatic heterocycles. The zero-order valence-electron chi connectivity index (χ0n) is 24.8. The third-order valence-corrected chi connectivity index (χ3v) is 8.67. The van der Waals surface area contributed by atoms with Crippen molar-refractivity contribution in [1.82, 2.24) is 0 Å². The molecule has 0 aromatic rings. The smallest absolute Gasteiger partial charge is 0.309 e. The van der Waals surface area contributed by atoms with Crippen LogP contribution in [0, 0.1) is 17.8 Å². The highest BCUT2D eigenvalue weighted by Crippen LogP contribution is 2.33. The van der Waals surface area contributed by atoms with Gasteiger partial charge < -0.3 is 18.9 Å². The molecule has 0 spiro atoms. The van der Waals surface area contributed by atoms with Gasteiger partial charge in [-0.3, -0.25) is 9.59 Å². The zero-order valence-corrected chi connectivity index (χ0v) is 24.8. The first-order valence-electron chi connectivity index (χ1n) is 15.9. The van der Waals surface area contributed by atoms with Gasteiger partial charge in [-0.05, 0) is 103 Å². The van der Waals surface area contributed by atoms with Crippen LogP contribution in [-0.4, -0.2) is 62.7 Å². The van der Waals surface area contributed by atoms with Gasteiger partial charge in [-0.15, -0.1) is 0 Å². The van der Waals surface area contributed by atoms with Gasteiger partial charge in [-0.25, -0.2) is 0 Å². The van der Waals surface area contributed by atoms with Crippen molar-refractivity contribution in [2.24, 2.45) is 28.0 Å². The topological polar surface area (TPSA) is 95.8 Å². The largest absolute Gasteiger partial charge is 0.466 e. The van der Waals surface area contributed by atoms with E-state index in [-0.39, 0.29) is 29.9 Å². The van der Waals surface area contributed by atoms with Crippen LogP contribution in [0.1, 0.15) is 117 Å². The number of carbonyl (C=O) groups excluding carboxylic acids is 2. The number of carbonyl (C=O) groups is 2. The van der Waals surface area contributed by atoms with Gasteiger partial charge in [0.15, 0.2) is 0 Å². The molecular formula is C31H54N2O6. The maximum Gasteiger partial charge on any atom is 0.309 e. The van der Waals surface area contributed by atoms with E-state index in [0.29, 0.717) is 57.3 Å². The second kappa shape index (κ2) is 18.0. The number of hydrogen-bond acceptors (Lipinski definition) is 8. The lowest BCUT2D eigenvalue weighted by molar-refractivity contribution is -0.158. The second-order valence-electron chi connectivity index (χ2n) is 12.0. The second-order valence-corrected chi connectivity index (χ2v) is 12.0. The summed E-state index contributed by atoms with van der Waals surface area (Å²) in [5.41, 5.74) is 0. The van der Waals surface area contributed by atoms with E-state index in [1.165, 1.54) is 25.7 Å². The Morgan fingerprint density at radius 1 is 0.615 bits per heavy atom. The Hall–Kier alpha value is -1.54. The lowest BCUT2D eigenvalue weighted by atomic mass is 9.79. The van der Waals surface area contributed by atoms with E-state index in [1.54, 1.807) is 13.8 Å². The molecule has 3 rings (SSSR count). The summed E-state index contributed by atoms with van der Waals surface area (Å²) in [5, 5.41) is 9.37. The Morgan fingerprint density at radius 3 is 1.56 bits per heavy atom. The molecule has 2 atom stereocenters. The molecule has 0 N–H and O–H groups in total. The zero-order chi connectivity index (χ0) is 27.9. The van der Waals surface area contributed by atoms with Crippen molar-refractivity contribution in [3.8, 4) is 0 Å². The molecule has 3 fully saturated rings. The Balaban J connectivity index is 1.22. The standard InChI is InChI=1S/C31H54N2O6/c1-4-36-30(34)24-20-25(31(35)37-5-2)22-29(21-24)39-19-9-7-6-8-18-38-28-16-14-27(15-17-28)33-32-26-12-10-23(3)11-13-26/h23-29H,4-22H2,1-3H3. The van der Waals surface area contributed by atoms with Crippen LogP contribution in [-0.2, 0) is 28.5 Å². The van der Waals surface area contributed by atoms with Crippen molar-refractivity contribution in [2.75, 3.05) is 26.4 Å². The summed E-state index contributed by atoms with van der Waals surface area (Å²) in [6, 6.07) is 0.861. The molecule has 3 aliphatic rings. The van der Waals surface area contributed by atoms with Gasteiger partial charge >= 0.3 is 11.9 Å². The summed E-state index contributed by atoms with van der Waals surface area (Å²) in [5.74, 6) is -0.194. The predicted octanol–water partition coefficient (Wildman–Crippen LogP) is 6.83. The summed E-state index contributed by atoms with van der Waals surface area (Å²) >= 11 is 0. The van der Waals surface area contributed by atoms with Crippen LogP contribution in [0.25, 0.3) is 0 Å². The molecule has 3 aliphatic carbocycles. The van der Waals surface area contributed by atoms with Gasteiger partial charge in [-0.1, -0.05) is 19.8 Å². The Labute approximate surface area is 236 Å². The molecule has 0 amide bonds. The number of unbranched alkanes of at least 4 members (excludes halogenated alkanes) is 3. The van der Waals surface area contributed by atoms with Crippen LogP contribution >= 0.6 is 0 Å². The van der Waals surface area contributed by atoms with Gasteiger partial charge in [-0.2, -0.15) is 10.2 Å². The highest BCUT2D eigenvalue weighted by molar-refractivity contribution is 5.76. The van der Waals surface area contributed by atoms with E-state index in [4.69, 9.17) is 24.1 Å². The normalized spacial score (nSPS) is 31.7. The summed E-state index contributed by atoms with van der Waals surface area (Å²) < 4.78 is 22.7. The van der Waals surface area contributed by atoms with Crippen molar-refractivity contribution in [2.45, 2.75) is 141 Å². The van der Waals surface area contributed by atoms with E-state index in [0.717, 1.165) is 63.9 Å². The first-order valence-corrected chi connectivity index (χ1v) is 15.9. The highest BCUT2D eigenvalue weighted by atomic mass is 16.5. The SMILES string of the molecule is CCOC(=O)C1CC(OCCCCCCOC2CCC(N=NC3CCC(C)CC3)CC2)CC(C(=O)OCC)C1. The minimum absolute atomic E-state index is 0.105. The first-order chi connectivity index (χ1) is 19.0. The van der Waals surface area contributed by atoms with Crippen LogP contribution in [0.2, 0.25) is 0 Å². The lowest BCUT2D eigenvalue weighted by Crippen LogP contribution is -2.37. The average Bonchev–Trinajstić information content (AvgIpc) is 2.95. The molecule has 3 saturated carbocycles. The van der Waals surface area contributed by atoms with Gasteiger partial charge in [0, 0.05) is 13.2 Å². The molecule has 0 heterocycles. The van der Waals surface area contributed by atoms with Crippen LogP contribution in [0.5, 0.6) is 0 Å². The summed E-state index contributed by atoms with van der Waals surface area (Å²) in [7, 11) is 0. The van der Waals surface area contributed by atoms with E-state index in [1.807, 2.05) is 0 Å². The predicted molar refractivity (Wildman–Crippen MR) is 151 cm³/mol. The minimum atomic E-state index is -0.297.